The molecule has 1 heterocycles. The number of carboxylic acid groups (broad SMARTS) is 1. The Kier molecular flexibility index (Phi) is 4.28. The number of likely N-dealkylation sites (tertiary alicyclic amines) is 1. The Balaban J connectivity index is 2.10. The maximum atomic E-state index is 12.6. The number of carboxylic acids is 1. The summed E-state index contributed by atoms with van der Waals surface area (Å²) in [4.78, 5) is 25.2. The van der Waals surface area contributed by atoms with E-state index in [0.717, 1.165) is 5.56 Å². The molecular formula is C15H20N2O3. The lowest BCUT2D eigenvalue weighted by molar-refractivity contribution is -0.149. The first-order valence-corrected chi connectivity index (χ1v) is 6.73. The van der Waals surface area contributed by atoms with E-state index < -0.39 is 18.1 Å². The lowest BCUT2D eigenvalue weighted by Gasteiger charge is -2.26. The summed E-state index contributed by atoms with van der Waals surface area (Å²) in [5.74, 6) is -1.18. The van der Waals surface area contributed by atoms with Crippen molar-refractivity contribution in [1.82, 2.24) is 10.2 Å². The van der Waals surface area contributed by atoms with E-state index >= 15 is 0 Å². The Morgan fingerprint density at radius 2 is 2.25 bits per heavy atom. The van der Waals surface area contributed by atoms with Gasteiger partial charge in [-0.1, -0.05) is 30.3 Å². The highest BCUT2D eigenvalue weighted by atomic mass is 16.4. The van der Waals surface area contributed by atoms with Crippen LogP contribution in [0.3, 0.4) is 0 Å². The summed E-state index contributed by atoms with van der Waals surface area (Å²) in [7, 11) is -0.0746. The quantitative estimate of drug-likeness (QED) is 0.838. The maximum Gasteiger partial charge on any atom is 0.326 e. The topological polar surface area (TPSA) is 69.6 Å². The second-order valence-corrected chi connectivity index (χ2v) is 4.97. The molecule has 0 aromatic heterocycles. The van der Waals surface area contributed by atoms with Crippen LogP contribution in [0.1, 0.15) is 19.8 Å². The van der Waals surface area contributed by atoms with Crippen molar-refractivity contribution in [2.45, 2.75) is 31.3 Å². The summed E-state index contributed by atoms with van der Waals surface area (Å²) >= 11 is 0. The normalized spacial score (nSPS) is 20.5. The molecule has 5 heteroatoms. The van der Waals surface area contributed by atoms with Gasteiger partial charge in [0.2, 0.25) is 5.91 Å². The molecule has 0 bridgehead atoms. The Bertz CT molecular complexity index is 495. The molecule has 1 aliphatic heterocycles. The summed E-state index contributed by atoms with van der Waals surface area (Å²) in [6.07, 6.45) is 1.67. The SMILES string of the molecule is [2H]CN[C@@H](Cc1ccccc1)C(=O)N1CCC[C@H]1C(=O)O. The van der Waals surface area contributed by atoms with Crippen LogP contribution in [0.15, 0.2) is 30.3 Å². The first-order valence-electron chi connectivity index (χ1n) is 7.44. The minimum Gasteiger partial charge on any atom is -0.480 e. The van der Waals surface area contributed by atoms with E-state index in [-0.39, 0.29) is 12.9 Å². The zero-order chi connectivity index (χ0) is 15.2. The fourth-order valence-electron chi connectivity index (χ4n) is 2.58. The summed E-state index contributed by atoms with van der Waals surface area (Å²) in [6, 6.07) is 8.25. The van der Waals surface area contributed by atoms with Crippen molar-refractivity contribution in [2.24, 2.45) is 0 Å². The van der Waals surface area contributed by atoms with Crippen LogP contribution >= 0.6 is 0 Å². The van der Waals surface area contributed by atoms with Gasteiger partial charge in [0.15, 0.2) is 0 Å². The number of rotatable bonds is 5. The predicted octanol–water partition coefficient (Wildman–Crippen LogP) is 0.893. The van der Waals surface area contributed by atoms with Gasteiger partial charge in [-0.25, -0.2) is 4.79 Å². The molecule has 1 aliphatic rings. The highest BCUT2D eigenvalue weighted by Gasteiger charge is 2.36. The van der Waals surface area contributed by atoms with Crippen molar-refractivity contribution in [2.75, 3.05) is 13.6 Å². The van der Waals surface area contributed by atoms with Crippen molar-refractivity contribution in [3.05, 3.63) is 35.9 Å². The van der Waals surface area contributed by atoms with E-state index in [1.165, 1.54) is 4.90 Å². The molecule has 2 rings (SSSR count). The Labute approximate surface area is 120 Å². The molecule has 108 valence electrons. The third-order valence-corrected chi connectivity index (χ3v) is 3.65. The van der Waals surface area contributed by atoms with Crippen LogP contribution in [-0.2, 0) is 16.0 Å². The molecule has 0 radical (unpaired) electrons. The van der Waals surface area contributed by atoms with E-state index in [9.17, 15) is 14.7 Å². The number of carbonyl (C=O) groups is 2. The number of carbonyl (C=O) groups excluding carboxylic acids is 1. The Hall–Kier alpha value is -1.88. The molecule has 1 aromatic carbocycles. The van der Waals surface area contributed by atoms with Crippen molar-refractivity contribution >= 4 is 11.9 Å². The van der Waals surface area contributed by atoms with Crippen LogP contribution < -0.4 is 5.32 Å². The molecule has 2 atom stereocenters. The second kappa shape index (κ2) is 6.52. The number of nitrogens with zero attached hydrogens (tertiary/aromatic N) is 1. The monoisotopic (exact) mass is 277 g/mol. The van der Waals surface area contributed by atoms with E-state index in [1.807, 2.05) is 30.3 Å². The number of hydrogen-bond donors (Lipinski definition) is 2. The van der Waals surface area contributed by atoms with Crippen molar-refractivity contribution < 1.29 is 16.1 Å². The summed E-state index contributed by atoms with van der Waals surface area (Å²) in [6.45, 7) is 0.473. The van der Waals surface area contributed by atoms with E-state index in [0.29, 0.717) is 25.8 Å². The van der Waals surface area contributed by atoms with Gasteiger partial charge in [-0.3, -0.25) is 4.79 Å². The number of hydrogen-bond acceptors (Lipinski definition) is 3. The zero-order valence-electron chi connectivity index (χ0n) is 12.3. The minimum atomic E-state index is -0.954. The molecule has 0 aliphatic carbocycles. The number of nitrogens with one attached hydrogen (secondary N) is 1. The predicted molar refractivity (Wildman–Crippen MR) is 75.4 cm³/mol. The zero-order valence-corrected chi connectivity index (χ0v) is 11.3. The minimum absolute atomic E-state index is 0.0746. The van der Waals surface area contributed by atoms with Crippen LogP contribution in [0.25, 0.3) is 0 Å². The fourth-order valence-corrected chi connectivity index (χ4v) is 2.58. The van der Waals surface area contributed by atoms with Crippen LogP contribution in [0, 0.1) is 0 Å². The van der Waals surface area contributed by atoms with Gasteiger partial charge in [0.1, 0.15) is 6.04 Å². The molecule has 2 N–H and O–H groups in total. The third kappa shape index (κ3) is 3.17. The van der Waals surface area contributed by atoms with Crippen molar-refractivity contribution in [3.8, 4) is 0 Å². The molecule has 1 aromatic rings. The molecule has 1 fully saturated rings. The number of amides is 1. The van der Waals surface area contributed by atoms with Gasteiger partial charge in [0.25, 0.3) is 0 Å². The van der Waals surface area contributed by atoms with E-state index in [2.05, 4.69) is 5.32 Å². The standard InChI is InChI=1S/C15H20N2O3/c1-16-12(10-11-6-3-2-4-7-11)14(18)17-9-5-8-13(17)15(19)20/h2-4,6-7,12-13,16H,5,8-10H2,1H3,(H,19,20)/t12-,13-/m0/s1/i1D. The second-order valence-electron chi connectivity index (χ2n) is 4.97. The third-order valence-electron chi connectivity index (χ3n) is 3.65. The molecule has 5 nitrogen and oxygen atoms in total. The molecule has 0 spiro atoms. The molecular weight excluding hydrogens is 256 g/mol. The molecule has 1 amide bonds. The summed E-state index contributed by atoms with van der Waals surface area (Å²) in [5.41, 5.74) is 0.989. The van der Waals surface area contributed by atoms with Gasteiger partial charge in [-0.2, -0.15) is 0 Å². The molecule has 0 unspecified atom stereocenters. The molecule has 1 saturated heterocycles. The lowest BCUT2D eigenvalue weighted by Crippen LogP contribution is -2.50. The number of benzene rings is 1. The van der Waals surface area contributed by atoms with Gasteiger partial charge in [0.05, 0.1) is 6.04 Å². The molecule has 0 saturated carbocycles. The first kappa shape index (κ1) is 13.1. The highest BCUT2D eigenvalue weighted by Crippen LogP contribution is 2.19. The van der Waals surface area contributed by atoms with Gasteiger partial charge in [0, 0.05) is 7.92 Å². The number of aliphatic carboxylic acids is 1. The Morgan fingerprint density at radius 3 is 2.90 bits per heavy atom. The Morgan fingerprint density at radius 1 is 1.50 bits per heavy atom. The maximum absolute atomic E-state index is 12.6. The van der Waals surface area contributed by atoms with Crippen molar-refractivity contribution in [1.29, 1.82) is 0 Å². The largest absolute Gasteiger partial charge is 0.480 e. The number of likely N-dealkylation sites (N-methyl/N-ethyl adjacent to an activating group) is 1. The van der Waals surface area contributed by atoms with Gasteiger partial charge in [-0.05, 0) is 31.8 Å². The van der Waals surface area contributed by atoms with E-state index in [1.54, 1.807) is 0 Å². The van der Waals surface area contributed by atoms with Gasteiger partial charge in [-0.15, -0.1) is 0 Å². The summed E-state index contributed by atoms with van der Waals surface area (Å²) in [5, 5.41) is 12.0. The van der Waals surface area contributed by atoms with Gasteiger partial charge >= 0.3 is 5.97 Å². The van der Waals surface area contributed by atoms with Gasteiger partial charge < -0.3 is 15.3 Å². The average molecular weight is 277 g/mol. The van der Waals surface area contributed by atoms with Crippen molar-refractivity contribution in [3.63, 3.8) is 0 Å². The van der Waals surface area contributed by atoms with E-state index in [4.69, 9.17) is 1.37 Å². The van der Waals surface area contributed by atoms with Crippen LogP contribution in [0.4, 0.5) is 0 Å². The van der Waals surface area contributed by atoms with Crippen LogP contribution in [0.2, 0.25) is 0 Å². The molecule has 20 heavy (non-hydrogen) atoms. The lowest BCUT2D eigenvalue weighted by atomic mass is 10.0. The first-order chi connectivity index (χ1) is 10.1. The van der Waals surface area contributed by atoms with Crippen LogP contribution in [-0.4, -0.2) is 47.5 Å². The summed E-state index contributed by atoms with van der Waals surface area (Å²) < 4.78 is 7.30. The average Bonchev–Trinajstić information content (AvgIpc) is 2.97. The smallest absolute Gasteiger partial charge is 0.326 e. The highest BCUT2D eigenvalue weighted by molar-refractivity contribution is 5.87. The van der Waals surface area contributed by atoms with Crippen LogP contribution in [0.5, 0.6) is 0 Å². The fraction of sp³-hybridized carbons (Fsp3) is 0.467.